The zero-order chi connectivity index (χ0) is 10.6. The first-order valence-electron chi connectivity index (χ1n) is 4.21. The number of alkyl halides is 1. The Morgan fingerprint density at radius 3 is 2.50 bits per heavy atom. The molecular formula is C10H11ClO2S. The lowest BCUT2D eigenvalue weighted by Crippen LogP contribution is -2.26. The standard InChI is InChI=1S/C10H11ClO2S/c11-10(14,9(12)13)7-6-8-4-2-1-3-5-8/h1-5,14H,6-7H2,(H,12,13). The van der Waals surface area contributed by atoms with Gasteiger partial charge in [-0.2, -0.15) is 0 Å². The Bertz CT molecular complexity index is 311. The first-order valence-corrected chi connectivity index (χ1v) is 5.03. The van der Waals surface area contributed by atoms with E-state index < -0.39 is 10.2 Å². The van der Waals surface area contributed by atoms with Crippen molar-refractivity contribution < 1.29 is 9.90 Å². The van der Waals surface area contributed by atoms with Crippen LogP contribution in [0.2, 0.25) is 0 Å². The van der Waals surface area contributed by atoms with Gasteiger partial charge in [0.15, 0.2) is 4.21 Å². The topological polar surface area (TPSA) is 37.3 Å². The third-order valence-corrected chi connectivity index (χ3v) is 2.68. The van der Waals surface area contributed by atoms with Crippen molar-refractivity contribution in [2.24, 2.45) is 0 Å². The highest BCUT2D eigenvalue weighted by Gasteiger charge is 2.30. The maximum absolute atomic E-state index is 10.6. The van der Waals surface area contributed by atoms with E-state index in [0.29, 0.717) is 12.8 Å². The molecule has 1 aromatic rings. The van der Waals surface area contributed by atoms with Crippen LogP contribution in [0.3, 0.4) is 0 Å². The van der Waals surface area contributed by atoms with Crippen molar-refractivity contribution in [2.75, 3.05) is 0 Å². The van der Waals surface area contributed by atoms with Gasteiger partial charge in [0, 0.05) is 0 Å². The van der Waals surface area contributed by atoms with Gasteiger partial charge in [-0.15, -0.1) is 12.6 Å². The second kappa shape index (κ2) is 4.71. The molecule has 0 amide bonds. The van der Waals surface area contributed by atoms with E-state index in [1.807, 2.05) is 30.3 Å². The number of thiol groups is 1. The Morgan fingerprint density at radius 2 is 2.00 bits per heavy atom. The molecule has 0 saturated carbocycles. The smallest absolute Gasteiger partial charge is 0.334 e. The Labute approximate surface area is 93.3 Å². The van der Waals surface area contributed by atoms with Gasteiger partial charge in [0.1, 0.15) is 0 Å². The summed E-state index contributed by atoms with van der Waals surface area (Å²) in [5, 5.41) is 8.71. The minimum absolute atomic E-state index is 0.303. The van der Waals surface area contributed by atoms with Crippen molar-refractivity contribution in [2.45, 2.75) is 17.0 Å². The lowest BCUT2D eigenvalue weighted by atomic mass is 10.1. The molecule has 0 saturated heterocycles. The van der Waals surface area contributed by atoms with Gasteiger partial charge in [0.25, 0.3) is 0 Å². The summed E-state index contributed by atoms with van der Waals surface area (Å²) in [5.41, 5.74) is 1.06. The first kappa shape index (κ1) is 11.4. The minimum Gasteiger partial charge on any atom is -0.479 e. The molecule has 0 heterocycles. The van der Waals surface area contributed by atoms with Crippen molar-refractivity contribution in [3.8, 4) is 0 Å². The van der Waals surface area contributed by atoms with Gasteiger partial charge in [-0.05, 0) is 18.4 Å². The summed E-state index contributed by atoms with van der Waals surface area (Å²) < 4.78 is -1.46. The van der Waals surface area contributed by atoms with Crippen molar-refractivity contribution in [1.82, 2.24) is 0 Å². The summed E-state index contributed by atoms with van der Waals surface area (Å²) in [7, 11) is 0. The van der Waals surface area contributed by atoms with Crippen LogP contribution in [0.5, 0.6) is 0 Å². The molecule has 0 bridgehead atoms. The van der Waals surface area contributed by atoms with Crippen LogP contribution in [0.1, 0.15) is 12.0 Å². The van der Waals surface area contributed by atoms with Crippen LogP contribution >= 0.6 is 24.2 Å². The number of carboxylic acids is 1. The molecule has 14 heavy (non-hydrogen) atoms. The fraction of sp³-hybridized carbons (Fsp3) is 0.300. The lowest BCUT2D eigenvalue weighted by Gasteiger charge is -2.14. The van der Waals surface area contributed by atoms with Gasteiger partial charge in [0.2, 0.25) is 0 Å². The Kier molecular flexibility index (Phi) is 3.84. The van der Waals surface area contributed by atoms with Crippen LogP contribution in [0.4, 0.5) is 0 Å². The van der Waals surface area contributed by atoms with Gasteiger partial charge < -0.3 is 5.11 Å². The highest BCUT2D eigenvalue weighted by atomic mass is 35.5. The van der Waals surface area contributed by atoms with Crippen molar-refractivity contribution in [3.63, 3.8) is 0 Å². The molecule has 1 N–H and O–H groups in total. The van der Waals surface area contributed by atoms with Gasteiger partial charge in [-0.25, -0.2) is 4.79 Å². The SMILES string of the molecule is O=C(O)C(S)(Cl)CCc1ccccc1. The zero-order valence-corrected chi connectivity index (χ0v) is 9.13. The van der Waals surface area contributed by atoms with E-state index in [-0.39, 0.29) is 0 Å². The number of carboxylic acid groups (broad SMARTS) is 1. The van der Waals surface area contributed by atoms with E-state index in [0.717, 1.165) is 5.56 Å². The number of hydrogen-bond acceptors (Lipinski definition) is 2. The molecule has 1 rings (SSSR count). The van der Waals surface area contributed by atoms with E-state index in [1.54, 1.807) is 0 Å². The fourth-order valence-electron chi connectivity index (χ4n) is 1.06. The molecule has 4 heteroatoms. The molecular weight excluding hydrogens is 220 g/mol. The molecule has 0 radical (unpaired) electrons. The molecule has 76 valence electrons. The van der Waals surface area contributed by atoms with Crippen molar-refractivity contribution in [3.05, 3.63) is 35.9 Å². The highest BCUT2D eigenvalue weighted by molar-refractivity contribution is 7.84. The summed E-state index contributed by atoms with van der Waals surface area (Å²) >= 11 is 9.56. The predicted octanol–water partition coefficient (Wildman–Crippen LogP) is 2.57. The summed E-state index contributed by atoms with van der Waals surface area (Å²) in [6.07, 6.45) is 0.914. The average molecular weight is 231 g/mol. The number of aliphatic carboxylic acids is 1. The molecule has 0 fully saturated rings. The molecule has 0 aliphatic carbocycles. The normalized spacial score (nSPS) is 14.7. The summed E-state index contributed by atoms with van der Waals surface area (Å²) in [4.78, 5) is 10.6. The number of rotatable bonds is 4. The number of hydrogen-bond donors (Lipinski definition) is 2. The summed E-state index contributed by atoms with van der Waals surface area (Å²) in [6.45, 7) is 0. The molecule has 0 spiro atoms. The molecule has 1 unspecified atom stereocenters. The average Bonchev–Trinajstić information content (AvgIpc) is 2.16. The van der Waals surface area contributed by atoms with E-state index in [2.05, 4.69) is 12.6 Å². The molecule has 1 aromatic carbocycles. The fourth-order valence-corrected chi connectivity index (χ4v) is 1.27. The third kappa shape index (κ3) is 3.24. The second-order valence-electron chi connectivity index (χ2n) is 3.05. The lowest BCUT2D eigenvalue weighted by molar-refractivity contribution is -0.137. The summed E-state index contributed by atoms with van der Waals surface area (Å²) in [5.74, 6) is -1.10. The van der Waals surface area contributed by atoms with Crippen LogP contribution in [0.15, 0.2) is 30.3 Å². The predicted molar refractivity (Wildman–Crippen MR) is 60.0 cm³/mol. The molecule has 1 atom stereocenters. The summed E-state index contributed by atoms with van der Waals surface area (Å²) in [6, 6.07) is 9.59. The largest absolute Gasteiger partial charge is 0.479 e. The number of aryl methyl sites for hydroxylation is 1. The van der Waals surface area contributed by atoms with Crippen LogP contribution < -0.4 is 0 Å². The van der Waals surface area contributed by atoms with E-state index in [4.69, 9.17) is 16.7 Å². The quantitative estimate of drug-likeness (QED) is 0.616. The number of halogens is 1. The maximum Gasteiger partial charge on any atom is 0.334 e. The van der Waals surface area contributed by atoms with Gasteiger partial charge >= 0.3 is 5.97 Å². The number of benzene rings is 1. The third-order valence-electron chi connectivity index (χ3n) is 1.92. The molecule has 0 aromatic heterocycles. The van der Waals surface area contributed by atoms with Crippen LogP contribution in [0.25, 0.3) is 0 Å². The van der Waals surface area contributed by atoms with E-state index >= 15 is 0 Å². The van der Waals surface area contributed by atoms with Crippen LogP contribution in [0, 0.1) is 0 Å². The Morgan fingerprint density at radius 1 is 1.43 bits per heavy atom. The van der Waals surface area contributed by atoms with Gasteiger partial charge in [-0.3, -0.25) is 0 Å². The van der Waals surface area contributed by atoms with Crippen LogP contribution in [-0.4, -0.2) is 15.3 Å². The van der Waals surface area contributed by atoms with E-state index in [1.165, 1.54) is 0 Å². The molecule has 2 nitrogen and oxygen atoms in total. The first-order chi connectivity index (χ1) is 6.52. The van der Waals surface area contributed by atoms with E-state index in [9.17, 15) is 4.79 Å². The highest BCUT2D eigenvalue weighted by Crippen LogP contribution is 2.26. The molecule has 0 aliphatic rings. The zero-order valence-electron chi connectivity index (χ0n) is 7.48. The van der Waals surface area contributed by atoms with Crippen molar-refractivity contribution >= 4 is 30.2 Å². The second-order valence-corrected chi connectivity index (χ2v) is 4.72. The molecule has 0 aliphatic heterocycles. The Hall–Kier alpha value is -0.670. The monoisotopic (exact) mass is 230 g/mol. The minimum atomic E-state index is -1.46. The van der Waals surface area contributed by atoms with Gasteiger partial charge in [-0.1, -0.05) is 41.9 Å². The van der Waals surface area contributed by atoms with Crippen LogP contribution in [-0.2, 0) is 11.2 Å². The van der Waals surface area contributed by atoms with Crippen molar-refractivity contribution in [1.29, 1.82) is 0 Å². The van der Waals surface area contributed by atoms with Gasteiger partial charge in [0.05, 0.1) is 0 Å². The maximum atomic E-state index is 10.6. The Balaban J connectivity index is 2.53. The number of carbonyl (C=O) groups is 1.